The number of alkyl halides is 3. The molecule has 0 unspecified atom stereocenters. The molecule has 0 aliphatic carbocycles. The van der Waals surface area contributed by atoms with Crippen LogP contribution in [0.3, 0.4) is 0 Å². The van der Waals surface area contributed by atoms with Crippen LogP contribution in [0.15, 0.2) is 6.07 Å². The van der Waals surface area contributed by atoms with Crippen LogP contribution in [0.2, 0.25) is 5.15 Å². The summed E-state index contributed by atoms with van der Waals surface area (Å²) < 4.78 is 26.8. The summed E-state index contributed by atoms with van der Waals surface area (Å²) in [6, 6.07) is 1.76. The van der Waals surface area contributed by atoms with E-state index in [2.05, 4.69) is 15.1 Å². The molecule has 2 aromatic heterocycles. The maximum absolute atomic E-state index is 12.8. The Morgan fingerprint density at radius 2 is 1.84 bits per heavy atom. The van der Waals surface area contributed by atoms with Crippen LogP contribution >= 0.6 is 23.2 Å². The molecular formula is C11H10Cl2F2N4. The van der Waals surface area contributed by atoms with Gasteiger partial charge in [-0.15, -0.1) is 11.6 Å². The minimum Gasteiger partial charge on any atom is -0.216 e. The first-order valence-electron chi connectivity index (χ1n) is 5.38. The largest absolute Gasteiger partial charge is 0.282 e. The lowest BCUT2D eigenvalue weighted by Crippen LogP contribution is -2.06. The van der Waals surface area contributed by atoms with Crippen LogP contribution < -0.4 is 0 Å². The van der Waals surface area contributed by atoms with Crippen molar-refractivity contribution in [3.8, 4) is 5.95 Å². The first kappa shape index (κ1) is 14.1. The summed E-state index contributed by atoms with van der Waals surface area (Å²) in [4.78, 5) is 8.26. The van der Waals surface area contributed by atoms with E-state index in [1.54, 1.807) is 19.9 Å². The van der Waals surface area contributed by atoms with E-state index in [0.717, 1.165) is 4.68 Å². The Morgan fingerprint density at radius 1 is 1.26 bits per heavy atom. The van der Waals surface area contributed by atoms with Crippen molar-refractivity contribution in [1.29, 1.82) is 0 Å². The molecule has 0 fully saturated rings. The van der Waals surface area contributed by atoms with Gasteiger partial charge in [0.05, 0.1) is 5.88 Å². The third-order valence-electron chi connectivity index (χ3n) is 2.45. The Balaban J connectivity index is 2.62. The van der Waals surface area contributed by atoms with E-state index in [1.807, 2.05) is 0 Å². The standard InChI is InChI=1S/C11H10Cl2F2N4/c1-5-3-6(2)17-11(16-5)19-9(13)7(4-12)8(18-19)10(14)15/h3,10H,4H2,1-2H3. The van der Waals surface area contributed by atoms with Gasteiger partial charge in [-0.05, 0) is 19.9 Å². The summed E-state index contributed by atoms with van der Waals surface area (Å²) in [5.41, 5.74) is 1.05. The first-order chi connectivity index (χ1) is 8.93. The van der Waals surface area contributed by atoms with Crippen molar-refractivity contribution < 1.29 is 8.78 Å². The van der Waals surface area contributed by atoms with Gasteiger partial charge >= 0.3 is 0 Å². The average Bonchev–Trinajstić information content (AvgIpc) is 2.65. The third kappa shape index (κ3) is 2.69. The quantitative estimate of drug-likeness (QED) is 0.814. The summed E-state index contributed by atoms with van der Waals surface area (Å²) in [6.07, 6.45) is -2.75. The van der Waals surface area contributed by atoms with Crippen LogP contribution in [0.5, 0.6) is 0 Å². The lowest BCUT2D eigenvalue weighted by molar-refractivity contribution is 0.144. The molecule has 0 saturated carbocycles. The summed E-state index contributed by atoms with van der Waals surface area (Å²) in [7, 11) is 0. The molecule has 0 radical (unpaired) electrons. The van der Waals surface area contributed by atoms with Crippen LogP contribution in [-0.4, -0.2) is 19.7 Å². The van der Waals surface area contributed by atoms with E-state index in [9.17, 15) is 8.78 Å². The maximum Gasteiger partial charge on any atom is 0.282 e. The van der Waals surface area contributed by atoms with E-state index in [4.69, 9.17) is 23.2 Å². The highest BCUT2D eigenvalue weighted by atomic mass is 35.5. The average molecular weight is 307 g/mol. The molecule has 4 nitrogen and oxygen atoms in total. The number of nitrogens with zero attached hydrogens (tertiary/aromatic N) is 4. The summed E-state index contributed by atoms with van der Waals surface area (Å²) >= 11 is 11.6. The molecule has 0 bridgehead atoms. The molecule has 102 valence electrons. The number of aryl methyl sites for hydroxylation is 2. The van der Waals surface area contributed by atoms with Crippen LogP contribution in [0.25, 0.3) is 5.95 Å². The van der Waals surface area contributed by atoms with Gasteiger partial charge < -0.3 is 0 Å². The lowest BCUT2D eigenvalue weighted by atomic mass is 10.3. The van der Waals surface area contributed by atoms with Gasteiger partial charge in [0.15, 0.2) is 0 Å². The molecule has 2 rings (SSSR count). The molecule has 2 heterocycles. The van der Waals surface area contributed by atoms with Gasteiger partial charge in [-0.25, -0.2) is 18.7 Å². The van der Waals surface area contributed by atoms with Crippen molar-refractivity contribution in [2.75, 3.05) is 0 Å². The zero-order valence-corrected chi connectivity index (χ0v) is 11.7. The SMILES string of the molecule is Cc1cc(C)nc(-n2nc(C(F)F)c(CCl)c2Cl)n1. The van der Waals surface area contributed by atoms with E-state index >= 15 is 0 Å². The maximum atomic E-state index is 12.8. The zero-order valence-electron chi connectivity index (χ0n) is 10.2. The predicted octanol–water partition coefficient (Wildman–Crippen LogP) is 3.61. The smallest absolute Gasteiger partial charge is 0.216 e. The molecular weight excluding hydrogens is 297 g/mol. The fourth-order valence-corrected chi connectivity index (χ4v) is 2.29. The lowest BCUT2D eigenvalue weighted by Gasteiger charge is -2.03. The van der Waals surface area contributed by atoms with Crippen molar-refractivity contribution in [3.63, 3.8) is 0 Å². The number of hydrogen-bond acceptors (Lipinski definition) is 3. The van der Waals surface area contributed by atoms with Gasteiger partial charge in [0.1, 0.15) is 10.8 Å². The fraction of sp³-hybridized carbons (Fsp3) is 0.364. The van der Waals surface area contributed by atoms with Crippen LogP contribution in [0, 0.1) is 13.8 Å². The molecule has 2 aromatic rings. The summed E-state index contributed by atoms with van der Waals surface area (Å²) in [5, 5.41) is 3.77. The van der Waals surface area contributed by atoms with Gasteiger partial charge in [-0.2, -0.15) is 9.78 Å². The number of hydrogen-bond donors (Lipinski definition) is 0. The van der Waals surface area contributed by atoms with Crippen molar-refractivity contribution in [1.82, 2.24) is 19.7 Å². The fourth-order valence-electron chi connectivity index (χ4n) is 1.68. The minimum absolute atomic E-state index is 0.00954. The molecule has 0 atom stereocenters. The number of rotatable bonds is 3. The number of aromatic nitrogens is 4. The highest BCUT2D eigenvalue weighted by Crippen LogP contribution is 2.30. The van der Waals surface area contributed by atoms with Crippen molar-refractivity contribution in [3.05, 3.63) is 33.9 Å². The molecule has 0 saturated heterocycles. The Bertz CT molecular complexity index is 593. The second kappa shape index (κ2) is 5.38. The first-order valence-corrected chi connectivity index (χ1v) is 6.29. The second-order valence-corrected chi connectivity index (χ2v) is 4.58. The van der Waals surface area contributed by atoms with Crippen LogP contribution in [0.1, 0.15) is 29.1 Å². The topological polar surface area (TPSA) is 43.6 Å². The van der Waals surface area contributed by atoms with Crippen LogP contribution in [0.4, 0.5) is 8.78 Å². The minimum atomic E-state index is -2.75. The van der Waals surface area contributed by atoms with Gasteiger partial charge in [-0.3, -0.25) is 0 Å². The van der Waals surface area contributed by atoms with E-state index < -0.39 is 12.1 Å². The second-order valence-electron chi connectivity index (χ2n) is 3.95. The molecule has 19 heavy (non-hydrogen) atoms. The predicted molar refractivity (Wildman–Crippen MR) is 68.2 cm³/mol. The van der Waals surface area contributed by atoms with E-state index in [1.165, 1.54) is 0 Å². The Labute approximate surface area is 118 Å². The van der Waals surface area contributed by atoms with Crippen molar-refractivity contribution >= 4 is 23.2 Å². The normalized spacial score (nSPS) is 11.3. The van der Waals surface area contributed by atoms with Gasteiger partial charge in [0.25, 0.3) is 12.4 Å². The molecule has 0 spiro atoms. The molecule has 0 aromatic carbocycles. The van der Waals surface area contributed by atoms with Gasteiger partial charge in [0, 0.05) is 17.0 Å². The molecule has 0 aliphatic heterocycles. The molecule has 0 N–H and O–H groups in total. The Kier molecular flexibility index (Phi) is 4.01. The van der Waals surface area contributed by atoms with Crippen molar-refractivity contribution in [2.24, 2.45) is 0 Å². The Morgan fingerprint density at radius 3 is 2.26 bits per heavy atom. The Hall–Kier alpha value is -1.27. The highest BCUT2D eigenvalue weighted by molar-refractivity contribution is 6.31. The highest BCUT2D eigenvalue weighted by Gasteiger charge is 2.24. The van der Waals surface area contributed by atoms with E-state index in [0.29, 0.717) is 11.4 Å². The van der Waals surface area contributed by atoms with Crippen LogP contribution in [-0.2, 0) is 5.88 Å². The molecule has 0 amide bonds. The summed E-state index contributed by atoms with van der Waals surface area (Å²) in [5.74, 6) is 0.00399. The van der Waals surface area contributed by atoms with Gasteiger partial charge in [0.2, 0.25) is 0 Å². The van der Waals surface area contributed by atoms with Gasteiger partial charge in [-0.1, -0.05) is 11.6 Å². The summed E-state index contributed by atoms with van der Waals surface area (Å²) in [6.45, 7) is 3.54. The number of halogens is 4. The monoisotopic (exact) mass is 306 g/mol. The molecule has 0 aliphatic rings. The van der Waals surface area contributed by atoms with Crippen molar-refractivity contribution in [2.45, 2.75) is 26.2 Å². The zero-order chi connectivity index (χ0) is 14.2. The third-order valence-corrected chi connectivity index (χ3v) is 3.11. The van der Waals surface area contributed by atoms with E-state index in [-0.39, 0.29) is 22.5 Å². The molecule has 8 heteroatoms.